The molecule has 1 aliphatic heterocycles. The first-order chi connectivity index (χ1) is 19.4. The maximum Gasteiger partial charge on any atom is 0.212 e. The van der Waals surface area contributed by atoms with E-state index < -0.39 is 9.73 Å². The van der Waals surface area contributed by atoms with E-state index in [4.69, 9.17) is 14.7 Å². The van der Waals surface area contributed by atoms with E-state index in [0.29, 0.717) is 59.5 Å². The zero-order valence-corrected chi connectivity index (χ0v) is 22.8. The third kappa shape index (κ3) is 4.96. The van der Waals surface area contributed by atoms with Gasteiger partial charge in [-0.05, 0) is 17.7 Å². The second-order valence-corrected chi connectivity index (χ2v) is 12.0. The number of hydrogen-bond donors (Lipinski definition) is 0. The Hall–Kier alpha value is -4.83. The molecular formula is C27H26N10O2S. The van der Waals surface area contributed by atoms with Crippen LogP contribution in [0.3, 0.4) is 0 Å². The first-order valence-corrected chi connectivity index (χ1v) is 14.5. The van der Waals surface area contributed by atoms with Gasteiger partial charge in [0.05, 0.1) is 53.4 Å². The van der Waals surface area contributed by atoms with E-state index in [0.717, 1.165) is 22.5 Å². The molecule has 0 bridgehead atoms. The summed E-state index contributed by atoms with van der Waals surface area (Å²) >= 11 is 0. The lowest BCUT2D eigenvalue weighted by atomic mass is 10.1. The Morgan fingerprint density at radius 2 is 1.88 bits per heavy atom. The van der Waals surface area contributed by atoms with Crippen LogP contribution in [0.25, 0.3) is 28.0 Å². The Balaban J connectivity index is 1.22. The number of nitriles is 1. The summed E-state index contributed by atoms with van der Waals surface area (Å²) in [6.07, 6.45) is 10.4. The van der Waals surface area contributed by atoms with Crippen molar-refractivity contribution in [3.8, 4) is 34.5 Å². The molecule has 0 spiro atoms. The quantitative estimate of drug-likeness (QED) is 0.310. The standard InChI is InChI=1S/C27H26N10O2S/c1-35-17-22(16-31-35)23-18-37-27(21(11-28)15-32-37)26(34-23)20-4-5-24(29-14-20)36-7-9-40(38,10-8-36)33-13-19-3-6-25(39-2)30-12-19/h3-6,12,14-18H,7-10,13H2,1-2H3. The van der Waals surface area contributed by atoms with Crippen molar-refractivity contribution in [1.29, 1.82) is 5.26 Å². The average molecular weight is 555 g/mol. The van der Waals surface area contributed by atoms with Crippen LogP contribution in [0.15, 0.2) is 65.8 Å². The van der Waals surface area contributed by atoms with Gasteiger partial charge in [-0.2, -0.15) is 15.5 Å². The first-order valence-electron chi connectivity index (χ1n) is 12.6. The Labute approximate surface area is 231 Å². The molecule has 6 rings (SSSR count). The van der Waals surface area contributed by atoms with Crippen molar-refractivity contribution in [1.82, 2.24) is 34.3 Å². The van der Waals surface area contributed by atoms with Gasteiger partial charge in [0.15, 0.2) is 0 Å². The molecule has 12 nitrogen and oxygen atoms in total. The van der Waals surface area contributed by atoms with Crippen LogP contribution in [0.1, 0.15) is 11.1 Å². The number of hydrogen-bond acceptors (Lipinski definition) is 10. The van der Waals surface area contributed by atoms with Gasteiger partial charge < -0.3 is 9.64 Å². The molecule has 0 aliphatic carbocycles. The van der Waals surface area contributed by atoms with Crippen LogP contribution >= 0.6 is 0 Å². The topological polar surface area (TPSA) is 139 Å². The number of anilines is 1. The second-order valence-electron chi connectivity index (χ2n) is 9.41. The number of fused-ring (bicyclic) bond motifs is 1. The van der Waals surface area contributed by atoms with Gasteiger partial charge >= 0.3 is 0 Å². The van der Waals surface area contributed by atoms with Crippen molar-refractivity contribution in [2.75, 3.05) is 36.6 Å². The highest BCUT2D eigenvalue weighted by Crippen LogP contribution is 2.29. The molecule has 6 heterocycles. The summed E-state index contributed by atoms with van der Waals surface area (Å²) < 4.78 is 26.3. The summed E-state index contributed by atoms with van der Waals surface area (Å²) in [4.78, 5) is 15.9. The fourth-order valence-electron chi connectivity index (χ4n) is 4.60. The van der Waals surface area contributed by atoms with Gasteiger partial charge in [-0.3, -0.25) is 4.68 Å². The van der Waals surface area contributed by atoms with Gasteiger partial charge in [-0.25, -0.2) is 28.0 Å². The van der Waals surface area contributed by atoms with Gasteiger partial charge in [0.25, 0.3) is 0 Å². The highest BCUT2D eigenvalue weighted by atomic mass is 32.2. The van der Waals surface area contributed by atoms with Crippen LogP contribution in [-0.4, -0.2) is 70.3 Å². The monoisotopic (exact) mass is 554 g/mol. The number of pyridine rings is 2. The summed E-state index contributed by atoms with van der Waals surface area (Å²) in [6, 6.07) is 9.74. The average Bonchev–Trinajstić information content (AvgIpc) is 3.62. The molecule has 1 aliphatic rings. The van der Waals surface area contributed by atoms with Crippen molar-refractivity contribution in [3.63, 3.8) is 0 Å². The number of ether oxygens (including phenoxy) is 1. The summed E-state index contributed by atoms with van der Waals surface area (Å²) in [6.45, 7) is 1.55. The number of aryl methyl sites for hydroxylation is 1. The molecular weight excluding hydrogens is 528 g/mol. The number of methoxy groups -OCH3 is 1. The molecule has 0 N–H and O–H groups in total. The molecule has 202 valence electrons. The van der Waals surface area contributed by atoms with E-state index in [1.165, 1.54) is 6.20 Å². The lowest BCUT2D eigenvalue weighted by molar-refractivity contribution is 0.397. The number of nitrogens with zero attached hydrogens (tertiary/aromatic N) is 10. The molecule has 1 saturated heterocycles. The van der Waals surface area contributed by atoms with Crippen molar-refractivity contribution >= 4 is 21.1 Å². The predicted molar refractivity (Wildman–Crippen MR) is 150 cm³/mol. The molecule has 0 aromatic carbocycles. The third-order valence-electron chi connectivity index (χ3n) is 6.81. The molecule has 0 amide bonds. The van der Waals surface area contributed by atoms with Gasteiger partial charge in [0, 0.05) is 67.4 Å². The Morgan fingerprint density at radius 3 is 2.52 bits per heavy atom. The minimum Gasteiger partial charge on any atom is -0.481 e. The fraction of sp³-hybridized carbons (Fsp3) is 0.259. The SMILES string of the molecule is COc1ccc(CN=S2(=O)CCN(c3ccc(-c4nc(-c5cnn(C)c5)cn5ncc(C#N)c45)cn3)CC2)cn1. The second kappa shape index (κ2) is 10.4. The zero-order valence-electron chi connectivity index (χ0n) is 22.0. The zero-order chi connectivity index (χ0) is 27.7. The van der Waals surface area contributed by atoms with Crippen molar-refractivity contribution in [2.24, 2.45) is 11.4 Å². The molecule has 5 aromatic rings. The van der Waals surface area contributed by atoms with E-state index in [2.05, 4.69) is 30.5 Å². The van der Waals surface area contributed by atoms with Crippen LogP contribution in [0, 0.1) is 11.3 Å². The van der Waals surface area contributed by atoms with Gasteiger partial charge in [-0.1, -0.05) is 6.07 Å². The first kappa shape index (κ1) is 25.4. The van der Waals surface area contributed by atoms with E-state index in [1.54, 1.807) is 47.2 Å². The Morgan fingerprint density at radius 1 is 1.02 bits per heavy atom. The smallest absolute Gasteiger partial charge is 0.212 e. The summed E-state index contributed by atoms with van der Waals surface area (Å²) in [7, 11) is 1.10. The van der Waals surface area contributed by atoms with E-state index >= 15 is 0 Å². The minimum atomic E-state index is -2.31. The highest BCUT2D eigenvalue weighted by Gasteiger charge is 2.22. The van der Waals surface area contributed by atoms with Gasteiger partial charge in [0.2, 0.25) is 5.88 Å². The number of aromatic nitrogens is 7. The van der Waals surface area contributed by atoms with E-state index in [-0.39, 0.29) is 0 Å². The molecule has 0 atom stereocenters. The molecule has 0 unspecified atom stereocenters. The van der Waals surface area contributed by atoms with Crippen LogP contribution in [-0.2, 0) is 23.3 Å². The molecule has 5 aromatic heterocycles. The predicted octanol–water partition coefficient (Wildman–Crippen LogP) is 2.96. The van der Waals surface area contributed by atoms with Crippen molar-refractivity contribution in [3.05, 3.63) is 72.6 Å². The maximum atomic E-state index is 13.3. The molecule has 40 heavy (non-hydrogen) atoms. The van der Waals surface area contributed by atoms with E-state index in [9.17, 15) is 9.47 Å². The van der Waals surface area contributed by atoms with Crippen molar-refractivity contribution < 1.29 is 8.95 Å². The lowest BCUT2D eigenvalue weighted by Gasteiger charge is -2.29. The van der Waals surface area contributed by atoms with Crippen molar-refractivity contribution in [2.45, 2.75) is 6.54 Å². The molecule has 1 fully saturated rings. The normalized spacial score (nSPS) is 14.7. The Bertz CT molecular complexity index is 1830. The molecule has 0 saturated carbocycles. The van der Waals surface area contributed by atoms with Crippen LogP contribution < -0.4 is 9.64 Å². The van der Waals surface area contributed by atoms with Crippen LogP contribution in [0.2, 0.25) is 0 Å². The summed E-state index contributed by atoms with van der Waals surface area (Å²) in [5.41, 5.74) is 4.86. The largest absolute Gasteiger partial charge is 0.481 e. The Kier molecular flexibility index (Phi) is 6.61. The third-order valence-corrected chi connectivity index (χ3v) is 9.05. The van der Waals surface area contributed by atoms with Crippen LogP contribution in [0.5, 0.6) is 5.88 Å². The maximum absolute atomic E-state index is 13.3. The summed E-state index contributed by atoms with van der Waals surface area (Å²) in [5.74, 6) is 2.27. The van der Waals surface area contributed by atoms with Gasteiger partial charge in [-0.15, -0.1) is 0 Å². The highest BCUT2D eigenvalue weighted by molar-refractivity contribution is 7.93. The lowest BCUT2D eigenvalue weighted by Crippen LogP contribution is -2.40. The van der Waals surface area contributed by atoms with Gasteiger partial charge in [0.1, 0.15) is 23.0 Å². The molecule has 0 radical (unpaired) electrons. The number of rotatable bonds is 6. The van der Waals surface area contributed by atoms with Crippen LogP contribution in [0.4, 0.5) is 5.82 Å². The summed E-state index contributed by atoms with van der Waals surface area (Å²) in [5, 5.41) is 18.3. The van der Waals surface area contributed by atoms with E-state index in [1.807, 2.05) is 31.4 Å². The fourth-order valence-corrected chi connectivity index (χ4v) is 6.46. The molecule has 13 heteroatoms. The minimum absolute atomic E-state index is 0.363.